The number of hydrogen-bond donors (Lipinski definition) is 2. The number of nitrogens with one attached hydrogen (secondary N) is 2. The number of nitrogens with zero attached hydrogens (tertiary/aromatic N) is 1. The second-order valence-corrected chi connectivity index (χ2v) is 3.72. The molecule has 0 heterocycles. The molecular weight excluding hydrogens is 320 g/mol. The van der Waals surface area contributed by atoms with Gasteiger partial charge in [0.25, 0.3) is 0 Å². The smallest absolute Gasteiger partial charge is 0.412 e. The van der Waals surface area contributed by atoms with Gasteiger partial charge in [0, 0.05) is 21.1 Å². The first kappa shape index (κ1) is 30.8. The molecule has 0 saturated heterocycles. The van der Waals surface area contributed by atoms with Gasteiger partial charge in [0.15, 0.2) is 0 Å². The zero-order valence-electron chi connectivity index (χ0n) is 9.99. The second-order valence-electron chi connectivity index (χ2n) is 1.39. The molecule has 0 aliphatic heterocycles. The van der Waals surface area contributed by atoms with E-state index >= 15 is 0 Å². The van der Waals surface area contributed by atoms with Crippen molar-refractivity contribution in [3.63, 3.8) is 0 Å². The zero-order chi connectivity index (χ0) is 12.0. The molecule has 0 saturated carbocycles. The molecule has 0 aromatic carbocycles. The van der Waals surface area contributed by atoms with E-state index in [0.717, 1.165) is 0 Å². The van der Waals surface area contributed by atoms with Gasteiger partial charge in [0.1, 0.15) is 0 Å². The van der Waals surface area contributed by atoms with Crippen LogP contribution in [0.3, 0.4) is 0 Å². The number of isothiocyanates is 1. The summed E-state index contributed by atoms with van der Waals surface area (Å²) in [6, 6.07) is 0. The van der Waals surface area contributed by atoms with Crippen molar-refractivity contribution in [3.8, 4) is 0 Å². The van der Waals surface area contributed by atoms with Gasteiger partial charge >= 0.3 is 59.1 Å². The fourth-order valence-corrected chi connectivity index (χ4v) is 0. The van der Waals surface area contributed by atoms with Crippen molar-refractivity contribution >= 4 is 75.7 Å². The van der Waals surface area contributed by atoms with Crippen molar-refractivity contribution in [2.75, 3.05) is 21.1 Å². The summed E-state index contributed by atoms with van der Waals surface area (Å²) in [7, 11) is 5.00. The van der Waals surface area contributed by atoms with E-state index in [4.69, 9.17) is 0 Å². The van der Waals surface area contributed by atoms with Gasteiger partial charge in [-0.25, -0.2) is 4.99 Å². The van der Waals surface area contributed by atoms with Gasteiger partial charge in [0.2, 0.25) is 0 Å². The molecule has 0 rings (SSSR count). The molecule has 0 unspecified atom stereocenters. The third kappa shape index (κ3) is 73.3. The molecule has 82 valence electrons. The van der Waals surface area contributed by atoms with Crippen molar-refractivity contribution < 1.29 is 59.1 Å². The summed E-state index contributed by atoms with van der Waals surface area (Å²) >= 11 is 21.7. The topological polar surface area (TPSA) is 36.4 Å². The van der Waals surface area contributed by atoms with Crippen LogP contribution in [0.5, 0.6) is 0 Å². The van der Waals surface area contributed by atoms with Gasteiger partial charge in [-0.2, -0.15) is 0 Å². The molecule has 0 aliphatic rings. The first-order valence-electron chi connectivity index (χ1n) is 3.19. The van der Waals surface area contributed by atoms with Crippen LogP contribution in [0.4, 0.5) is 0 Å². The first-order chi connectivity index (χ1) is 6.45. The molecule has 0 fully saturated rings. The summed E-state index contributed by atoms with van der Waals surface area (Å²) < 4.78 is 0.843. The third-order valence-corrected chi connectivity index (χ3v) is 1.50. The van der Waals surface area contributed by atoms with Gasteiger partial charge in [-0.05, 0) is 12.2 Å². The molecule has 10 heteroatoms. The fourth-order valence-electron chi connectivity index (χ4n) is 0. The van der Waals surface area contributed by atoms with Crippen LogP contribution in [-0.2, 0) is 25.3 Å². The van der Waals surface area contributed by atoms with Crippen LogP contribution in [-0.4, -0.2) is 34.9 Å². The number of thiocarbonyl (C=S) groups is 3. The molecule has 0 aliphatic carbocycles. The van der Waals surface area contributed by atoms with Crippen LogP contribution in [0.25, 0.3) is 0 Å². The Balaban J connectivity index is -0.0000000358. The Bertz CT molecular complexity index is 194. The molecule has 3 nitrogen and oxygen atoms in total. The van der Waals surface area contributed by atoms with E-state index in [1.54, 1.807) is 21.1 Å². The summed E-state index contributed by atoms with van der Waals surface area (Å²) in [5.74, 6) is 0. The van der Waals surface area contributed by atoms with E-state index in [1.807, 2.05) is 0 Å². The van der Waals surface area contributed by atoms with Crippen LogP contribution in [0, 0.1) is 0 Å². The standard InChI is InChI=1S/2C2H5NS2.C2H3NS.2Na/c2*1-3-2(4)5;1-3-2-4;;/h2*1H3,(H2,3,4,5);1H3;;/q;;;2*+1/p-2. The number of aliphatic imine (C=N–C) groups is 1. The van der Waals surface area contributed by atoms with Crippen molar-refractivity contribution in [2.45, 2.75) is 0 Å². The average molecular weight is 331 g/mol. The van der Waals surface area contributed by atoms with Gasteiger partial charge < -0.3 is 60.3 Å². The van der Waals surface area contributed by atoms with Gasteiger partial charge in [-0.3, -0.25) is 0 Å². The van der Waals surface area contributed by atoms with Crippen LogP contribution in [0.15, 0.2) is 4.99 Å². The van der Waals surface area contributed by atoms with E-state index in [-0.39, 0.29) is 59.1 Å². The minimum absolute atomic E-state index is 0. The quantitative estimate of drug-likeness (QED) is 0.199. The van der Waals surface area contributed by atoms with E-state index in [1.165, 1.54) is 0 Å². The Kier molecular flexibility index (Phi) is 58.2. The third-order valence-electron chi connectivity index (χ3n) is 0.500. The van der Waals surface area contributed by atoms with Gasteiger partial charge in [0.05, 0.1) is 5.16 Å². The Labute approximate surface area is 169 Å². The van der Waals surface area contributed by atoms with Crippen molar-refractivity contribution in [3.05, 3.63) is 0 Å². The molecule has 0 aromatic heterocycles. The summed E-state index contributed by atoms with van der Waals surface area (Å²) in [5.41, 5.74) is 0. The van der Waals surface area contributed by atoms with Crippen LogP contribution in [0.2, 0.25) is 0 Å². The Hall–Kier alpha value is 2.02. The Morgan fingerprint density at radius 2 is 1.19 bits per heavy atom. The summed E-state index contributed by atoms with van der Waals surface area (Å²) in [5, 5.41) is 7.29. The maximum Gasteiger partial charge on any atom is 1.00 e. The number of hydrogen-bond acceptors (Lipinski definition) is 6. The van der Waals surface area contributed by atoms with E-state index in [9.17, 15) is 0 Å². The molecule has 2 N–H and O–H groups in total. The molecule has 0 atom stereocenters. The normalized spacial score (nSPS) is 5.19. The number of rotatable bonds is 0. The Morgan fingerprint density at radius 3 is 1.19 bits per heavy atom. The first-order valence-corrected chi connectivity index (χ1v) is 5.23. The van der Waals surface area contributed by atoms with Crippen molar-refractivity contribution in [1.29, 1.82) is 0 Å². The van der Waals surface area contributed by atoms with Crippen molar-refractivity contribution in [1.82, 2.24) is 10.6 Å². The molecule has 0 radical (unpaired) electrons. The van der Waals surface area contributed by atoms with Gasteiger partial charge in [-0.1, -0.05) is 8.64 Å². The van der Waals surface area contributed by atoms with E-state index in [2.05, 4.69) is 82.7 Å². The average Bonchev–Trinajstić information content (AvgIpc) is 2.19. The molecule has 0 aromatic rings. The fraction of sp³-hybridized carbons (Fsp3) is 0.500. The molecular formula is C6H11N3Na2S5. The van der Waals surface area contributed by atoms with E-state index < -0.39 is 0 Å². The minimum Gasteiger partial charge on any atom is -0.412 e. The van der Waals surface area contributed by atoms with E-state index in [0.29, 0.717) is 8.64 Å². The maximum absolute atomic E-state index is 4.40. The van der Waals surface area contributed by atoms with Crippen LogP contribution < -0.4 is 69.7 Å². The zero-order valence-corrected chi connectivity index (χ0v) is 18.1. The molecule has 0 bridgehead atoms. The maximum atomic E-state index is 4.40. The predicted octanol–water partition coefficient (Wildman–Crippen LogP) is -5.20. The molecule has 16 heavy (non-hydrogen) atoms. The van der Waals surface area contributed by atoms with Crippen molar-refractivity contribution in [2.24, 2.45) is 4.99 Å². The molecule has 0 amide bonds. The Morgan fingerprint density at radius 1 is 1.06 bits per heavy atom. The van der Waals surface area contributed by atoms with Gasteiger partial charge in [-0.15, -0.1) is 0 Å². The minimum atomic E-state index is 0. The monoisotopic (exact) mass is 331 g/mol. The van der Waals surface area contributed by atoms with Crippen LogP contribution in [0.1, 0.15) is 0 Å². The summed E-state index contributed by atoms with van der Waals surface area (Å²) in [6.45, 7) is 0. The van der Waals surface area contributed by atoms with Crippen LogP contribution >= 0.6 is 36.7 Å². The largest absolute Gasteiger partial charge is 1.00 e. The summed E-state index contributed by atoms with van der Waals surface area (Å²) in [6.07, 6.45) is 0. The molecule has 0 spiro atoms. The predicted molar refractivity (Wildman–Crippen MR) is 79.0 cm³/mol. The second kappa shape index (κ2) is 30.2. The SMILES string of the molecule is CN=C=S.CNC(=S)[S-].CNC(=S)[S-].[Na+].[Na+]. The summed E-state index contributed by atoms with van der Waals surface area (Å²) in [4.78, 5) is 3.30.